The fraction of sp³-hybridized carbons (Fsp3) is 0.412. The van der Waals surface area contributed by atoms with Gasteiger partial charge in [0.1, 0.15) is 17.8 Å². The molecule has 7 nitrogen and oxygen atoms in total. The molecule has 0 spiro atoms. The van der Waals surface area contributed by atoms with E-state index in [-0.39, 0.29) is 6.54 Å². The number of aromatic nitrogens is 1. The molecule has 130 valence electrons. The summed E-state index contributed by atoms with van der Waals surface area (Å²) in [5.74, 6) is 0. The molecule has 24 heavy (non-hydrogen) atoms. The highest BCUT2D eigenvalue weighted by atomic mass is 16.6. The molecule has 2 rings (SSSR count). The van der Waals surface area contributed by atoms with Crippen LogP contribution in [-0.4, -0.2) is 45.8 Å². The number of fused-ring (bicyclic) bond motifs is 1. The standard InChI is InChI=1S/C17H22N2O5/c1-17(2,3)24-16(23)19-8-14(21)15(22)10-4-5-12-11(9-20)7-18-13(12)6-10/h4-7,9,14-15,18,21-22H,8H2,1-3H3,(H,19,23). The van der Waals surface area contributed by atoms with E-state index in [1.807, 2.05) is 0 Å². The van der Waals surface area contributed by atoms with Crippen LogP contribution in [0.5, 0.6) is 0 Å². The van der Waals surface area contributed by atoms with Gasteiger partial charge in [-0.1, -0.05) is 12.1 Å². The van der Waals surface area contributed by atoms with Gasteiger partial charge in [0.2, 0.25) is 0 Å². The van der Waals surface area contributed by atoms with Gasteiger partial charge in [0.15, 0.2) is 6.29 Å². The third-order valence-corrected chi connectivity index (χ3v) is 3.43. The van der Waals surface area contributed by atoms with E-state index in [1.54, 1.807) is 45.2 Å². The maximum Gasteiger partial charge on any atom is 0.407 e. The molecule has 2 unspecified atom stereocenters. The molecule has 0 aliphatic rings. The molecule has 4 N–H and O–H groups in total. The first-order valence-corrected chi connectivity index (χ1v) is 7.60. The molecule has 7 heteroatoms. The second kappa shape index (κ2) is 7.02. The lowest BCUT2D eigenvalue weighted by Crippen LogP contribution is -2.38. The van der Waals surface area contributed by atoms with Crippen molar-refractivity contribution in [2.24, 2.45) is 0 Å². The number of hydrogen-bond donors (Lipinski definition) is 4. The molecule has 2 atom stereocenters. The average molecular weight is 334 g/mol. The van der Waals surface area contributed by atoms with Gasteiger partial charge in [-0.05, 0) is 32.4 Å². The highest BCUT2D eigenvalue weighted by molar-refractivity contribution is 5.97. The van der Waals surface area contributed by atoms with Crippen LogP contribution < -0.4 is 5.32 Å². The number of carbonyl (C=O) groups is 2. The number of alkyl carbamates (subject to hydrolysis) is 1. The Morgan fingerprint density at radius 1 is 1.38 bits per heavy atom. The number of aldehydes is 1. The van der Waals surface area contributed by atoms with Gasteiger partial charge >= 0.3 is 6.09 Å². The summed E-state index contributed by atoms with van der Waals surface area (Å²) >= 11 is 0. The molecule has 0 bridgehead atoms. The van der Waals surface area contributed by atoms with Crippen LogP contribution in [0.25, 0.3) is 10.9 Å². The molecule has 0 fully saturated rings. The number of nitrogens with one attached hydrogen (secondary N) is 2. The Kier molecular flexibility index (Phi) is 5.26. The number of amides is 1. The molecule has 0 aliphatic heterocycles. The van der Waals surface area contributed by atoms with E-state index in [2.05, 4.69) is 10.3 Å². The molecule has 0 saturated heterocycles. The van der Waals surface area contributed by atoms with Gasteiger partial charge in [0.25, 0.3) is 0 Å². The summed E-state index contributed by atoms with van der Waals surface area (Å²) in [7, 11) is 0. The summed E-state index contributed by atoms with van der Waals surface area (Å²) in [6.07, 6.45) is -0.727. The van der Waals surface area contributed by atoms with Crippen LogP contribution in [0, 0.1) is 0 Å². The maximum absolute atomic E-state index is 11.6. The Labute approximate surface area is 139 Å². The van der Waals surface area contributed by atoms with Crippen molar-refractivity contribution in [3.63, 3.8) is 0 Å². The minimum atomic E-state index is -1.20. The summed E-state index contributed by atoms with van der Waals surface area (Å²) in [5.41, 5.74) is 1.04. The summed E-state index contributed by atoms with van der Waals surface area (Å²) in [6, 6.07) is 4.98. The van der Waals surface area contributed by atoms with Crippen LogP contribution in [0.3, 0.4) is 0 Å². The molecular weight excluding hydrogens is 312 g/mol. The van der Waals surface area contributed by atoms with Crippen molar-refractivity contribution in [2.45, 2.75) is 38.6 Å². The molecule has 1 amide bonds. The number of carbonyl (C=O) groups excluding carboxylic acids is 2. The van der Waals surface area contributed by atoms with Crippen molar-refractivity contribution in [1.29, 1.82) is 0 Å². The Morgan fingerprint density at radius 2 is 2.08 bits per heavy atom. The topological polar surface area (TPSA) is 112 Å². The van der Waals surface area contributed by atoms with E-state index in [0.717, 1.165) is 11.7 Å². The van der Waals surface area contributed by atoms with Crippen LogP contribution in [0.4, 0.5) is 4.79 Å². The SMILES string of the molecule is CC(C)(C)OC(=O)NCC(O)C(O)c1ccc2c(C=O)c[nH]c2c1. The van der Waals surface area contributed by atoms with E-state index in [4.69, 9.17) is 4.74 Å². The minimum absolute atomic E-state index is 0.154. The zero-order chi connectivity index (χ0) is 17.9. The minimum Gasteiger partial charge on any atom is -0.444 e. The zero-order valence-corrected chi connectivity index (χ0v) is 13.9. The normalized spacial score (nSPS) is 14.2. The van der Waals surface area contributed by atoms with Crippen molar-refractivity contribution < 1.29 is 24.5 Å². The van der Waals surface area contributed by atoms with Gasteiger partial charge in [-0.3, -0.25) is 4.79 Å². The lowest BCUT2D eigenvalue weighted by molar-refractivity contribution is 0.0130. The predicted octanol–water partition coefficient (Wildman–Crippen LogP) is 1.90. The number of ether oxygens (including phenoxy) is 1. The van der Waals surface area contributed by atoms with Gasteiger partial charge in [-0.15, -0.1) is 0 Å². The number of H-pyrrole nitrogens is 1. The number of aromatic amines is 1. The van der Waals surface area contributed by atoms with Crippen molar-refractivity contribution >= 4 is 23.3 Å². The van der Waals surface area contributed by atoms with Gasteiger partial charge in [0, 0.05) is 29.2 Å². The molecular formula is C17H22N2O5. The Hall–Kier alpha value is -2.38. The van der Waals surface area contributed by atoms with Crippen LogP contribution in [-0.2, 0) is 4.74 Å². The Morgan fingerprint density at radius 3 is 2.71 bits per heavy atom. The van der Waals surface area contributed by atoms with Gasteiger partial charge in [-0.25, -0.2) is 4.79 Å². The van der Waals surface area contributed by atoms with Crippen LogP contribution in [0.15, 0.2) is 24.4 Å². The van der Waals surface area contributed by atoms with Crippen molar-refractivity contribution in [3.05, 3.63) is 35.5 Å². The first-order chi connectivity index (χ1) is 11.2. The lowest BCUT2D eigenvalue weighted by Gasteiger charge is -2.22. The highest BCUT2D eigenvalue weighted by Gasteiger charge is 2.22. The van der Waals surface area contributed by atoms with E-state index >= 15 is 0 Å². The van der Waals surface area contributed by atoms with Crippen LogP contribution >= 0.6 is 0 Å². The fourth-order valence-corrected chi connectivity index (χ4v) is 2.28. The van der Waals surface area contributed by atoms with Gasteiger partial charge in [0.05, 0.1) is 0 Å². The summed E-state index contributed by atoms with van der Waals surface area (Å²) in [4.78, 5) is 25.4. The highest BCUT2D eigenvalue weighted by Crippen LogP contribution is 2.23. The number of aliphatic hydroxyl groups is 2. The van der Waals surface area contributed by atoms with Gasteiger partial charge < -0.3 is 25.3 Å². The summed E-state index contributed by atoms with van der Waals surface area (Å²) in [6.45, 7) is 5.05. The quantitative estimate of drug-likeness (QED) is 0.624. The van der Waals surface area contributed by atoms with Crippen molar-refractivity contribution in [3.8, 4) is 0 Å². The average Bonchev–Trinajstić information content (AvgIpc) is 2.92. The molecule has 0 aliphatic carbocycles. The molecule has 2 aromatic rings. The van der Waals surface area contributed by atoms with Crippen LogP contribution in [0.1, 0.15) is 42.8 Å². The number of aliphatic hydroxyl groups excluding tert-OH is 2. The predicted molar refractivity (Wildman–Crippen MR) is 88.9 cm³/mol. The molecule has 0 radical (unpaired) electrons. The van der Waals surface area contributed by atoms with E-state index < -0.39 is 23.9 Å². The third kappa shape index (κ3) is 4.33. The van der Waals surface area contributed by atoms with Gasteiger partial charge in [-0.2, -0.15) is 0 Å². The lowest BCUT2D eigenvalue weighted by atomic mass is 10.0. The van der Waals surface area contributed by atoms with E-state index in [0.29, 0.717) is 16.6 Å². The zero-order valence-electron chi connectivity index (χ0n) is 13.9. The summed E-state index contributed by atoms with van der Waals surface area (Å²) < 4.78 is 5.07. The second-order valence-corrected chi connectivity index (χ2v) is 6.56. The smallest absolute Gasteiger partial charge is 0.407 e. The van der Waals surface area contributed by atoms with Crippen molar-refractivity contribution in [1.82, 2.24) is 10.3 Å². The number of benzene rings is 1. The Bertz CT molecular complexity index is 732. The van der Waals surface area contributed by atoms with Crippen LogP contribution in [0.2, 0.25) is 0 Å². The third-order valence-electron chi connectivity index (χ3n) is 3.43. The molecule has 1 aromatic carbocycles. The maximum atomic E-state index is 11.6. The van der Waals surface area contributed by atoms with E-state index in [9.17, 15) is 19.8 Å². The largest absolute Gasteiger partial charge is 0.444 e. The molecule has 1 heterocycles. The van der Waals surface area contributed by atoms with Crippen molar-refractivity contribution in [2.75, 3.05) is 6.54 Å². The second-order valence-electron chi connectivity index (χ2n) is 6.56. The first-order valence-electron chi connectivity index (χ1n) is 7.60. The molecule has 0 saturated carbocycles. The fourth-order valence-electron chi connectivity index (χ4n) is 2.28. The summed E-state index contributed by atoms with van der Waals surface area (Å²) in [5, 5.41) is 23.4. The monoisotopic (exact) mass is 334 g/mol. The number of rotatable bonds is 5. The molecule has 1 aromatic heterocycles. The Balaban J connectivity index is 2.01. The first kappa shape index (κ1) is 18.0. The number of hydrogen-bond acceptors (Lipinski definition) is 5. The van der Waals surface area contributed by atoms with E-state index in [1.165, 1.54) is 0 Å².